The lowest BCUT2D eigenvalue weighted by Gasteiger charge is -2.44. The van der Waals surface area contributed by atoms with Gasteiger partial charge in [0.2, 0.25) is 0 Å². The van der Waals surface area contributed by atoms with Crippen molar-refractivity contribution in [3.05, 3.63) is 70.0 Å². The van der Waals surface area contributed by atoms with E-state index in [-0.39, 0.29) is 36.2 Å². The minimum absolute atomic E-state index is 0. The number of aryl methyl sites for hydroxylation is 1. The summed E-state index contributed by atoms with van der Waals surface area (Å²) in [5.41, 5.74) is 3.50. The molecule has 1 heterocycles. The maximum Gasteiger partial charge on any atom is 0.125 e. The van der Waals surface area contributed by atoms with E-state index in [0.29, 0.717) is 18.2 Å². The summed E-state index contributed by atoms with van der Waals surface area (Å²) in [7, 11) is 0. The molecule has 4 rings (SSSR count). The molecule has 1 aliphatic heterocycles. The Morgan fingerprint density at radius 2 is 1.86 bits per heavy atom. The Morgan fingerprint density at radius 1 is 1.11 bits per heavy atom. The summed E-state index contributed by atoms with van der Waals surface area (Å²) in [5, 5.41) is 3.84. The minimum Gasteiger partial charge on any atom is -0.374 e. The highest BCUT2D eigenvalue weighted by molar-refractivity contribution is 6.30. The predicted molar refractivity (Wildman–Crippen MR) is 116 cm³/mol. The minimum atomic E-state index is -0.320. The molecular weight excluding hydrogens is 422 g/mol. The van der Waals surface area contributed by atoms with Gasteiger partial charge in [0.1, 0.15) is 5.82 Å². The molecule has 0 unspecified atom stereocenters. The second kappa shape index (κ2) is 10.2. The van der Waals surface area contributed by atoms with Gasteiger partial charge in [-0.1, -0.05) is 35.9 Å². The first-order valence-corrected chi connectivity index (χ1v) is 9.62. The van der Waals surface area contributed by atoms with E-state index in [4.69, 9.17) is 16.3 Å². The third kappa shape index (κ3) is 4.81. The van der Waals surface area contributed by atoms with Crippen LogP contribution < -0.4 is 5.32 Å². The summed E-state index contributed by atoms with van der Waals surface area (Å²) in [4.78, 5) is 2.56. The fourth-order valence-electron chi connectivity index (χ4n) is 4.36. The Balaban J connectivity index is 0.00000140. The summed E-state index contributed by atoms with van der Waals surface area (Å²) in [6, 6.07) is 13.3. The molecule has 7 heteroatoms. The van der Waals surface area contributed by atoms with Gasteiger partial charge in [0.25, 0.3) is 0 Å². The maximum atomic E-state index is 13.6. The van der Waals surface area contributed by atoms with Crippen LogP contribution in [-0.4, -0.2) is 37.7 Å². The second-order valence-corrected chi connectivity index (χ2v) is 7.63. The number of halogens is 4. The molecule has 1 N–H and O–H groups in total. The number of rotatable bonds is 5. The first-order chi connectivity index (χ1) is 12.7. The molecule has 2 aliphatic rings. The summed E-state index contributed by atoms with van der Waals surface area (Å²) in [6.07, 6.45) is 2.14. The van der Waals surface area contributed by atoms with E-state index in [0.717, 1.165) is 44.6 Å². The SMILES string of the molecule is Cl.Cl.Fc1cc(Cl)cc(COC[C@]2(N3CCNCC3)CCc3ccccc32)c1. The Morgan fingerprint density at radius 3 is 2.61 bits per heavy atom. The van der Waals surface area contributed by atoms with Crippen LogP contribution in [0, 0.1) is 5.82 Å². The van der Waals surface area contributed by atoms with Gasteiger partial charge >= 0.3 is 0 Å². The van der Waals surface area contributed by atoms with E-state index < -0.39 is 0 Å². The van der Waals surface area contributed by atoms with Gasteiger partial charge < -0.3 is 10.1 Å². The van der Waals surface area contributed by atoms with Crippen LogP contribution in [0.2, 0.25) is 5.02 Å². The van der Waals surface area contributed by atoms with Crippen LogP contribution in [0.1, 0.15) is 23.1 Å². The topological polar surface area (TPSA) is 24.5 Å². The van der Waals surface area contributed by atoms with Crippen LogP contribution in [0.25, 0.3) is 0 Å². The van der Waals surface area contributed by atoms with Gasteiger partial charge in [0.15, 0.2) is 0 Å². The number of ether oxygens (including phenoxy) is 1. The standard InChI is InChI=1S/C21H24ClFN2O.2ClH/c22-18-11-16(12-19(23)13-18)14-26-15-21(25-9-7-24-8-10-25)6-5-17-3-1-2-4-20(17)21;;/h1-4,11-13,24H,5-10,14-15H2;2*1H/t21-;;/m1../s1. The van der Waals surface area contributed by atoms with E-state index in [2.05, 4.69) is 34.5 Å². The monoisotopic (exact) mass is 446 g/mol. The molecule has 3 nitrogen and oxygen atoms in total. The van der Waals surface area contributed by atoms with Crippen molar-refractivity contribution in [1.82, 2.24) is 10.2 Å². The summed E-state index contributed by atoms with van der Waals surface area (Å²) < 4.78 is 19.7. The van der Waals surface area contributed by atoms with Crippen molar-refractivity contribution < 1.29 is 9.13 Å². The molecule has 0 radical (unpaired) electrons. The van der Waals surface area contributed by atoms with Crippen molar-refractivity contribution in [3.63, 3.8) is 0 Å². The molecule has 2 aromatic carbocycles. The highest BCUT2D eigenvalue weighted by atomic mass is 35.5. The number of nitrogens with one attached hydrogen (secondary N) is 1. The van der Waals surface area contributed by atoms with Crippen LogP contribution in [0.4, 0.5) is 4.39 Å². The lowest BCUT2D eigenvalue weighted by atomic mass is 9.89. The van der Waals surface area contributed by atoms with E-state index in [1.165, 1.54) is 23.3 Å². The number of hydrogen-bond acceptors (Lipinski definition) is 3. The van der Waals surface area contributed by atoms with Gasteiger partial charge in [0, 0.05) is 31.2 Å². The first kappa shape index (κ1) is 23.4. The average Bonchev–Trinajstić information content (AvgIpc) is 3.02. The highest BCUT2D eigenvalue weighted by Gasteiger charge is 2.44. The van der Waals surface area contributed by atoms with Gasteiger partial charge in [-0.3, -0.25) is 4.90 Å². The molecule has 0 saturated carbocycles. The van der Waals surface area contributed by atoms with Gasteiger partial charge in [-0.15, -0.1) is 24.8 Å². The molecule has 1 aliphatic carbocycles. The van der Waals surface area contributed by atoms with Crippen molar-refractivity contribution in [2.24, 2.45) is 0 Å². The fraction of sp³-hybridized carbons (Fsp3) is 0.429. The molecule has 0 spiro atoms. The Labute approximate surface area is 183 Å². The van der Waals surface area contributed by atoms with Crippen LogP contribution in [-0.2, 0) is 23.3 Å². The zero-order chi connectivity index (χ0) is 18.0. The molecule has 2 aromatic rings. The van der Waals surface area contributed by atoms with Crippen molar-refractivity contribution in [3.8, 4) is 0 Å². The summed E-state index contributed by atoms with van der Waals surface area (Å²) >= 11 is 5.96. The molecule has 1 saturated heterocycles. The van der Waals surface area contributed by atoms with E-state index in [9.17, 15) is 4.39 Å². The predicted octanol–water partition coefficient (Wildman–Crippen LogP) is 4.59. The fourth-order valence-corrected chi connectivity index (χ4v) is 4.61. The van der Waals surface area contributed by atoms with Gasteiger partial charge in [-0.25, -0.2) is 4.39 Å². The lowest BCUT2D eigenvalue weighted by molar-refractivity contribution is -0.0240. The smallest absolute Gasteiger partial charge is 0.125 e. The molecule has 28 heavy (non-hydrogen) atoms. The molecule has 1 atom stereocenters. The highest BCUT2D eigenvalue weighted by Crippen LogP contribution is 2.42. The molecule has 154 valence electrons. The zero-order valence-electron chi connectivity index (χ0n) is 15.6. The van der Waals surface area contributed by atoms with Crippen LogP contribution in [0.15, 0.2) is 42.5 Å². The first-order valence-electron chi connectivity index (χ1n) is 9.24. The van der Waals surface area contributed by atoms with Crippen molar-refractivity contribution >= 4 is 36.4 Å². The number of hydrogen-bond donors (Lipinski definition) is 1. The maximum absolute atomic E-state index is 13.6. The van der Waals surface area contributed by atoms with Crippen LogP contribution in [0.3, 0.4) is 0 Å². The quantitative estimate of drug-likeness (QED) is 0.726. The van der Waals surface area contributed by atoms with Gasteiger partial charge in [0.05, 0.1) is 18.8 Å². The molecule has 1 fully saturated rings. The van der Waals surface area contributed by atoms with Crippen LogP contribution >= 0.6 is 36.4 Å². The second-order valence-electron chi connectivity index (χ2n) is 7.20. The number of benzene rings is 2. The normalized spacial score (nSPS) is 21.5. The average molecular weight is 448 g/mol. The molecular formula is C21H26Cl3FN2O. The Kier molecular flexibility index (Phi) is 8.56. The number of nitrogens with zero attached hydrogens (tertiary/aromatic N) is 1. The summed E-state index contributed by atoms with van der Waals surface area (Å²) in [5.74, 6) is -0.320. The Bertz CT molecular complexity index is 766. The van der Waals surface area contributed by atoms with E-state index in [1.54, 1.807) is 6.07 Å². The number of piperazine rings is 1. The van der Waals surface area contributed by atoms with Gasteiger partial charge in [-0.05, 0) is 47.7 Å². The Hall–Kier alpha value is -0.880. The van der Waals surface area contributed by atoms with Crippen molar-refractivity contribution in [1.29, 1.82) is 0 Å². The van der Waals surface area contributed by atoms with Crippen molar-refractivity contribution in [2.75, 3.05) is 32.8 Å². The van der Waals surface area contributed by atoms with Crippen molar-refractivity contribution in [2.45, 2.75) is 25.0 Å². The van der Waals surface area contributed by atoms with E-state index in [1.807, 2.05) is 0 Å². The van der Waals surface area contributed by atoms with E-state index >= 15 is 0 Å². The zero-order valence-corrected chi connectivity index (χ0v) is 18.0. The third-order valence-electron chi connectivity index (χ3n) is 5.58. The van der Waals surface area contributed by atoms with Crippen LogP contribution in [0.5, 0.6) is 0 Å². The van der Waals surface area contributed by atoms with Gasteiger partial charge in [-0.2, -0.15) is 0 Å². The lowest BCUT2D eigenvalue weighted by Crippen LogP contribution is -2.55. The molecule has 0 aromatic heterocycles. The largest absolute Gasteiger partial charge is 0.374 e. The third-order valence-corrected chi connectivity index (χ3v) is 5.80. The molecule has 0 bridgehead atoms. The molecule has 0 amide bonds. The summed E-state index contributed by atoms with van der Waals surface area (Å²) in [6.45, 7) is 5.02. The number of fused-ring (bicyclic) bond motifs is 1.